The molecule has 0 saturated heterocycles. The molecule has 0 aromatic heterocycles. The molecule has 0 aromatic carbocycles. The molecular weight excluding hydrogens is 272 g/mol. The first kappa shape index (κ1) is 18.7. The summed E-state index contributed by atoms with van der Waals surface area (Å²) >= 11 is 0. The van der Waals surface area contributed by atoms with E-state index in [0.29, 0.717) is 29.7 Å². The Morgan fingerprint density at radius 3 is 2.50 bits per heavy atom. The van der Waals surface area contributed by atoms with Crippen molar-refractivity contribution in [2.24, 2.45) is 17.8 Å². The zero-order valence-corrected chi connectivity index (χ0v) is 14.6. The van der Waals surface area contributed by atoms with Crippen LogP contribution < -0.4 is 0 Å². The lowest BCUT2D eigenvalue weighted by molar-refractivity contribution is -0.132. The van der Waals surface area contributed by atoms with Gasteiger partial charge in [0.2, 0.25) is 0 Å². The summed E-state index contributed by atoms with van der Waals surface area (Å²) in [5, 5.41) is 9.38. The molecule has 0 aliphatic heterocycles. The second-order valence-corrected chi connectivity index (χ2v) is 7.01. The van der Waals surface area contributed by atoms with Crippen molar-refractivity contribution in [3.63, 3.8) is 0 Å². The monoisotopic (exact) mass is 304 g/mol. The SMILES string of the molecule is CC1=CCCC(C)C=CC(C(C)C)CCC(C(=O)O)=CCC1. The quantitative estimate of drug-likeness (QED) is 0.658. The van der Waals surface area contributed by atoms with Crippen LogP contribution in [0.25, 0.3) is 0 Å². The first-order valence-electron chi connectivity index (χ1n) is 8.66. The van der Waals surface area contributed by atoms with Gasteiger partial charge in [-0.15, -0.1) is 0 Å². The molecule has 2 nitrogen and oxygen atoms in total. The van der Waals surface area contributed by atoms with E-state index in [1.54, 1.807) is 0 Å². The highest BCUT2D eigenvalue weighted by Gasteiger charge is 2.14. The third kappa shape index (κ3) is 7.11. The number of carboxylic acids is 1. The number of rotatable bonds is 2. The van der Waals surface area contributed by atoms with Gasteiger partial charge in [0.1, 0.15) is 0 Å². The predicted octanol–water partition coefficient (Wildman–Crippen LogP) is 5.76. The predicted molar refractivity (Wildman–Crippen MR) is 93.8 cm³/mol. The van der Waals surface area contributed by atoms with Crippen LogP contribution in [0.5, 0.6) is 0 Å². The summed E-state index contributed by atoms with van der Waals surface area (Å²) in [7, 11) is 0. The third-order valence-corrected chi connectivity index (χ3v) is 4.61. The Balaban J connectivity index is 2.90. The fourth-order valence-corrected chi connectivity index (χ4v) is 2.87. The maximum atomic E-state index is 11.4. The topological polar surface area (TPSA) is 37.3 Å². The fourth-order valence-electron chi connectivity index (χ4n) is 2.87. The van der Waals surface area contributed by atoms with E-state index in [1.807, 2.05) is 6.08 Å². The van der Waals surface area contributed by atoms with Crippen LogP contribution in [0.1, 0.15) is 66.2 Å². The summed E-state index contributed by atoms with van der Waals surface area (Å²) in [5.41, 5.74) is 1.95. The number of carboxylic acid groups (broad SMARTS) is 1. The van der Waals surface area contributed by atoms with Crippen LogP contribution in [0.4, 0.5) is 0 Å². The summed E-state index contributed by atoms with van der Waals surface area (Å²) < 4.78 is 0. The molecule has 0 spiro atoms. The van der Waals surface area contributed by atoms with E-state index in [0.717, 1.165) is 25.7 Å². The van der Waals surface area contributed by atoms with Gasteiger partial charge in [0, 0.05) is 5.57 Å². The number of hydrogen-bond donors (Lipinski definition) is 1. The van der Waals surface area contributed by atoms with Crippen LogP contribution in [-0.2, 0) is 4.79 Å². The van der Waals surface area contributed by atoms with Crippen LogP contribution >= 0.6 is 0 Å². The average molecular weight is 304 g/mol. The van der Waals surface area contributed by atoms with Crippen LogP contribution in [0.2, 0.25) is 0 Å². The fraction of sp³-hybridized carbons (Fsp3) is 0.650. The average Bonchev–Trinajstić information content (AvgIpc) is 2.43. The molecular formula is C20H32O2. The lowest BCUT2D eigenvalue weighted by Crippen LogP contribution is -2.09. The maximum absolute atomic E-state index is 11.4. The van der Waals surface area contributed by atoms with E-state index < -0.39 is 5.97 Å². The van der Waals surface area contributed by atoms with Gasteiger partial charge in [0.05, 0.1) is 0 Å². The van der Waals surface area contributed by atoms with Gasteiger partial charge in [-0.3, -0.25) is 0 Å². The maximum Gasteiger partial charge on any atom is 0.331 e. The minimum atomic E-state index is -0.756. The molecule has 0 fully saturated rings. The number of allylic oxidation sites excluding steroid dienone is 5. The van der Waals surface area contributed by atoms with Crippen LogP contribution in [0.3, 0.4) is 0 Å². The van der Waals surface area contributed by atoms with E-state index in [-0.39, 0.29) is 0 Å². The van der Waals surface area contributed by atoms with Gasteiger partial charge in [-0.05, 0) is 63.2 Å². The Kier molecular flexibility index (Phi) is 8.22. The van der Waals surface area contributed by atoms with Crippen molar-refractivity contribution in [3.05, 3.63) is 35.5 Å². The standard InChI is InChI=1S/C20H32O2/c1-15(2)18-12-11-17(4)8-5-7-16(3)9-6-10-19(14-13-18)20(21)22/h7,10-12,15,17-18H,5-6,8-9,13-14H2,1-4H3,(H,21,22). The highest BCUT2D eigenvalue weighted by atomic mass is 16.4. The molecule has 1 aliphatic rings. The largest absolute Gasteiger partial charge is 0.478 e. The lowest BCUT2D eigenvalue weighted by atomic mass is 9.87. The first-order valence-corrected chi connectivity index (χ1v) is 8.66. The van der Waals surface area contributed by atoms with Crippen LogP contribution in [-0.4, -0.2) is 11.1 Å². The molecule has 124 valence electrons. The van der Waals surface area contributed by atoms with Crippen molar-refractivity contribution in [2.45, 2.75) is 66.2 Å². The normalized spacial score (nSPS) is 25.3. The Hall–Kier alpha value is -1.31. The van der Waals surface area contributed by atoms with Gasteiger partial charge in [0.15, 0.2) is 0 Å². The van der Waals surface area contributed by atoms with E-state index in [9.17, 15) is 9.90 Å². The van der Waals surface area contributed by atoms with Crippen molar-refractivity contribution in [3.8, 4) is 0 Å². The van der Waals surface area contributed by atoms with Gasteiger partial charge < -0.3 is 5.11 Å². The lowest BCUT2D eigenvalue weighted by Gasteiger charge is -2.18. The molecule has 0 amide bonds. The zero-order chi connectivity index (χ0) is 16.5. The number of aliphatic carboxylic acids is 1. The second-order valence-electron chi connectivity index (χ2n) is 7.01. The molecule has 1 aliphatic carbocycles. The number of carbonyl (C=O) groups is 1. The van der Waals surface area contributed by atoms with Gasteiger partial charge in [-0.1, -0.05) is 50.6 Å². The van der Waals surface area contributed by atoms with Crippen LogP contribution in [0.15, 0.2) is 35.5 Å². The van der Waals surface area contributed by atoms with E-state index in [2.05, 4.69) is 45.9 Å². The summed E-state index contributed by atoms with van der Waals surface area (Å²) in [6.45, 7) is 8.86. The summed E-state index contributed by atoms with van der Waals surface area (Å²) in [6, 6.07) is 0. The summed E-state index contributed by atoms with van der Waals surface area (Å²) in [4.78, 5) is 11.4. The van der Waals surface area contributed by atoms with Gasteiger partial charge >= 0.3 is 5.97 Å². The smallest absolute Gasteiger partial charge is 0.331 e. The molecule has 2 atom stereocenters. The molecule has 22 heavy (non-hydrogen) atoms. The Morgan fingerprint density at radius 2 is 1.86 bits per heavy atom. The summed E-state index contributed by atoms with van der Waals surface area (Å²) in [5.74, 6) is 0.843. The Bertz CT molecular complexity index is 441. The minimum Gasteiger partial charge on any atom is -0.478 e. The molecule has 0 aromatic rings. The molecule has 1 rings (SSSR count). The van der Waals surface area contributed by atoms with E-state index in [1.165, 1.54) is 12.0 Å². The molecule has 0 radical (unpaired) electrons. The number of hydrogen-bond acceptors (Lipinski definition) is 1. The Morgan fingerprint density at radius 1 is 1.14 bits per heavy atom. The zero-order valence-electron chi connectivity index (χ0n) is 14.6. The minimum absolute atomic E-state index is 0.463. The molecule has 0 bridgehead atoms. The highest BCUT2D eigenvalue weighted by Crippen LogP contribution is 2.24. The molecule has 0 heterocycles. The van der Waals surface area contributed by atoms with Crippen LogP contribution in [0, 0.1) is 17.8 Å². The van der Waals surface area contributed by atoms with Crippen molar-refractivity contribution < 1.29 is 9.90 Å². The highest BCUT2D eigenvalue weighted by molar-refractivity contribution is 5.86. The first-order chi connectivity index (χ1) is 10.4. The van der Waals surface area contributed by atoms with Crippen molar-refractivity contribution in [1.82, 2.24) is 0 Å². The van der Waals surface area contributed by atoms with E-state index in [4.69, 9.17) is 0 Å². The molecule has 0 saturated carbocycles. The third-order valence-electron chi connectivity index (χ3n) is 4.61. The Labute approximate surface area is 136 Å². The van der Waals surface area contributed by atoms with Crippen molar-refractivity contribution in [1.29, 1.82) is 0 Å². The van der Waals surface area contributed by atoms with Gasteiger partial charge in [-0.2, -0.15) is 0 Å². The van der Waals surface area contributed by atoms with Crippen molar-refractivity contribution in [2.75, 3.05) is 0 Å². The van der Waals surface area contributed by atoms with Gasteiger partial charge in [0.25, 0.3) is 0 Å². The molecule has 2 unspecified atom stereocenters. The second kappa shape index (κ2) is 9.66. The van der Waals surface area contributed by atoms with Gasteiger partial charge in [-0.25, -0.2) is 4.79 Å². The van der Waals surface area contributed by atoms with Crippen molar-refractivity contribution >= 4 is 5.97 Å². The summed E-state index contributed by atoms with van der Waals surface area (Å²) in [6.07, 6.45) is 14.6. The molecule has 1 N–H and O–H groups in total. The molecule has 2 heteroatoms. The van der Waals surface area contributed by atoms with E-state index >= 15 is 0 Å².